The van der Waals surface area contributed by atoms with Crippen LogP contribution >= 0.6 is 11.6 Å². The molecule has 0 amide bonds. The molecule has 21 heavy (non-hydrogen) atoms. The smallest absolute Gasteiger partial charge is 0.159 e. The third-order valence-corrected chi connectivity index (χ3v) is 5.10. The molecule has 3 heterocycles. The molecule has 0 radical (unpaired) electrons. The van der Waals surface area contributed by atoms with Gasteiger partial charge in [-0.15, -0.1) is 11.6 Å². The van der Waals surface area contributed by atoms with E-state index in [1.54, 1.807) is 0 Å². The first-order valence-corrected chi connectivity index (χ1v) is 8.50. The third-order valence-electron chi connectivity index (χ3n) is 4.86. The molecule has 2 aromatic heterocycles. The Hall–Kier alpha value is -1.07. The van der Waals surface area contributed by atoms with Crippen LogP contribution < -0.4 is 0 Å². The fourth-order valence-electron chi connectivity index (χ4n) is 3.68. The molecular formula is C15H22ClN5. The van der Waals surface area contributed by atoms with Crippen molar-refractivity contribution < 1.29 is 0 Å². The van der Waals surface area contributed by atoms with Gasteiger partial charge in [-0.05, 0) is 33.1 Å². The minimum absolute atomic E-state index is 0.470. The zero-order chi connectivity index (χ0) is 14.6. The van der Waals surface area contributed by atoms with Crippen molar-refractivity contribution >= 4 is 22.8 Å². The van der Waals surface area contributed by atoms with E-state index in [0.717, 1.165) is 41.8 Å². The predicted octanol–water partition coefficient (Wildman–Crippen LogP) is 2.71. The number of halogens is 1. The summed E-state index contributed by atoms with van der Waals surface area (Å²) < 4.78 is 4.45. The van der Waals surface area contributed by atoms with Crippen LogP contribution in [0.25, 0.3) is 11.2 Å². The van der Waals surface area contributed by atoms with Crippen molar-refractivity contribution in [3.8, 4) is 0 Å². The first kappa shape index (κ1) is 13.6. The molecule has 1 saturated heterocycles. The number of fused-ring (bicyclic) bond motifs is 1. The Kier molecular flexibility index (Phi) is 3.23. The highest BCUT2D eigenvalue weighted by molar-refractivity contribution is 6.16. The molecule has 0 bridgehead atoms. The summed E-state index contributed by atoms with van der Waals surface area (Å²) in [7, 11) is 0. The molecule has 2 aromatic rings. The van der Waals surface area contributed by atoms with Crippen molar-refractivity contribution in [1.82, 2.24) is 24.2 Å². The highest BCUT2D eigenvalue weighted by Crippen LogP contribution is 2.36. The van der Waals surface area contributed by atoms with Crippen LogP contribution in [0.2, 0.25) is 0 Å². The lowest BCUT2D eigenvalue weighted by molar-refractivity contribution is 0.313. The average molecular weight is 308 g/mol. The Morgan fingerprint density at radius 1 is 1.24 bits per heavy atom. The maximum Gasteiger partial charge on any atom is 0.159 e. The number of hydrogen-bond donors (Lipinski definition) is 0. The van der Waals surface area contributed by atoms with E-state index < -0.39 is 0 Å². The summed E-state index contributed by atoms with van der Waals surface area (Å²) in [6.45, 7) is 7.38. The van der Waals surface area contributed by atoms with Gasteiger partial charge in [-0.3, -0.25) is 4.90 Å². The van der Waals surface area contributed by atoms with E-state index >= 15 is 0 Å². The van der Waals surface area contributed by atoms with Crippen molar-refractivity contribution in [1.29, 1.82) is 0 Å². The molecule has 2 fully saturated rings. The van der Waals surface area contributed by atoms with Gasteiger partial charge in [0.25, 0.3) is 0 Å². The van der Waals surface area contributed by atoms with Crippen LogP contribution in [0.3, 0.4) is 0 Å². The van der Waals surface area contributed by atoms with Crippen LogP contribution in [-0.4, -0.2) is 43.4 Å². The van der Waals surface area contributed by atoms with Crippen molar-refractivity contribution in [2.45, 2.75) is 57.6 Å². The molecular weight excluding hydrogens is 286 g/mol. The Balaban J connectivity index is 1.78. The van der Waals surface area contributed by atoms with Gasteiger partial charge in [0.1, 0.15) is 11.3 Å². The van der Waals surface area contributed by atoms with Crippen molar-refractivity contribution in [2.24, 2.45) is 0 Å². The zero-order valence-electron chi connectivity index (χ0n) is 12.7. The molecule has 114 valence electrons. The number of nitrogens with zero attached hydrogens (tertiary/aromatic N) is 5. The lowest BCUT2D eigenvalue weighted by Crippen LogP contribution is -2.24. The van der Waals surface area contributed by atoms with Gasteiger partial charge in [-0.25, -0.2) is 9.67 Å². The number of alkyl halides is 1. The summed E-state index contributed by atoms with van der Waals surface area (Å²) >= 11 is 6.17. The van der Waals surface area contributed by atoms with E-state index in [9.17, 15) is 0 Å². The molecule has 1 saturated carbocycles. The number of aromatic nitrogens is 4. The topological polar surface area (TPSA) is 38.9 Å². The molecule has 1 unspecified atom stereocenters. The van der Waals surface area contributed by atoms with Crippen molar-refractivity contribution in [3.05, 3.63) is 11.5 Å². The number of aryl methyl sites for hydroxylation is 2. The van der Waals surface area contributed by atoms with Gasteiger partial charge in [0.05, 0.1) is 17.6 Å². The summed E-state index contributed by atoms with van der Waals surface area (Å²) in [4.78, 5) is 7.39. The molecule has 5 nitrogen and oxygen atoms in total. The van der Waals surface area contributed by atoms with Crippen LogP contribution in [0.5, 0.6) is 0 Å². The van der Waals surface area contributed by atoms with Gasteiger partial charge < -0.3 is 4.57 Å². The Bertz CT molecular complexity index is 669. The molecule has 1 atom stereocenters. The lowest BCUT2D eigenvalue weighted by atomic mass is 10.2. The summed E-state index contributed by atoms with van der Waals surface area (Å²) in [5.41, 5.74) is 3.19. The van der Waals surface area contributed by atoms with Gasteiger partial charge in [-0.1, -0.05) is 0 Å². The molecule has 1 aliphatic carbocycles. The highest BCUT2D eigenvalue weighted by atomic mass is 35.5. The SMILES string of the molecule is CCn1nc(C)c2nc(CCl)n(C3CCN(C4CC4)C3)c21. The minimum Gasteiger partial charge on any atom is -0.307 e. The van der Waals surface area contributed by atoms with E-state index in [1.807, 2.05) is 6.92 Å². The fraction of sp³-hybridized carbons (Fsp3) is 0.733. The largest absolute Gasteiger partial charge is 0.307 e. The second kappa shape index (κ2) is 4.99. The quantitative estimate of drug-likeness (QED) is 0.815. The first-order valence-electron chi connectivity index (χ1n) is 7.97. The predicted molar refractivity (Wildman–Crippen MR) is 83.7 cm³/mol. The summed E-state index contributed by atoms with van der Waals surface area (Å²) in [5, 5.41) is 4.62. The van der Waals surface area contributed by atoms with E-state index in [2.05, 4.69) is 26.2 Å². The van der Waals surface area contributed by atoms with Crippen LogP contribution in [0.15, 0.2) is 0 Å². The van der Waals surface area contributed by atoms with Gasteiger partial charge in [0, 0.05) is 25.7 Å². The normalized spacial score (nSPS) is 23.5. The first-order chi connectivity index (χ1) is 10.2. The Morgan fingerprint density at radius 2 is 2.05 bits per heavy atom. The van der Waals surface area contributed by atoms with E-state index in [4.69, 9.17) is 16.6 Å². The Labute approximate surface area is 129 Å². The molecule has 6 heteroatoms. The zero-order valence-corrected chi connectivity index (χ0v) is 13.5. The second-order valence-corrected chi connectivity index (χ2v) is 6.54. The van der Waals surface area contributed by atoms with E-state index in [1.165, 1.54) is 25.8 Å². The summed E-state index contributed by atoms with van der Waals surface area (Å²) in [6, 6.07) is 1.33. The van der Waals surface area contributed by atoms with Crippen LogP contribution in [0.1, 0.15) is 43.7 Å². The Morgan fingerprint density at radius 3 is 2.71 bits per heavy atom. The fourth-order valence-corrected chi connectivity index (χ4v) is 3.87. The maximum absolute atomic E-state index is 6.17. The summed E-state index contributed by atoms with van der Waals surface area (Å²) in [5.74, 6) is 1.47. The molecule has 4 rings (SSSR count). The summed E-state index contributed by atoms with van der Waals surface area (Å²) in [6.07, 6.45) is 3.95. The van der Waals surface area contributed by atoms with Crippen LogP contribution in [0, 0.1) is 6.92 Å². The number of hydrogen-bond acceptors (Lipinski definition) is 3. The van der Waals surface area contributed by atoms with E-state index in [-0.39, 0.29) is 0 Å². The van der Waals surface area contributed by atoms with Crippen LogP contribution in [-0.2, 0) is 12.4 Å². The van der Waals surface area contributed by atoms with Crippen LogP contribution in [0.4, 0.5) is 0 Å². The maximum atomic E-state index is 6.17. The third kappa shape index (κ3) is 2.09. The van der Waals surface area contributed by atoms with Crippen molar-refractivity contribution in [3.63, 3.8) is 0 Å². The van der Waals surface area contributed by atoms with Gasteiger partial charge in [0.2, 0.25) is 0 Å². The standard InChI is InChI=1S/C15H22ClN5/c1-3-20-15-14(10(2)18-20)17-13(8-16)21(15)12-6-7-19(9-12)11-4-5-11/h11-12H,3-9H2,1-2H3. The highest BCUT2D eigenvalue weighted by Gasteiger charge is 2.36. The molecule has 2 aliphatic rings. The van der Waals surface area contributed by atoms with Gasteiger partial charge >= 0.3 is 0 Å². The number of rotatable bonds is 4. The lowest BCUT2D eigenvalue weighted by Gasteiger charge is -2.18. The van der Waals surface area contributed by atoms with E-state index in [0.29, 0.717) is 11.9 Å². The number of likely N-dealkylation sites (tertiary alicyclic amines) is 1. The van der Waals surface area contributed by atoms with Gasteiger partial charge in [-0.2, -0.15) is 5.10 Å². The molecule has 0 N–H and O–H groups in total. The monoisotopic (exact) mass is 307 g/mol. The molecule has 0 aromatic carbocycles. The molecule has 1 aliphatic heterocycles. The second-order valence-electron chi connectivity index (χ2n) is 6.27. The molecule has 0 spiro atoms. The average Bonchev–Trinajstić information content (AvgIpc) is 2.98. The van der Waals surface area contributed by atoms with Gasteiger partial charge in [0.15, 0.2) is 5.65 Å². The number of imidazole rings is 1. The van der Waals surface area contributed by atoms with Crippen molar-refractivity contribution in [2.75, 3.05) is 13.1 Å². The minimum atomic E-state index is 0.470.